The molecule has 0 aliphatic carbocycles. The Morgan fingerprint density at radius 3 is 2.57 bits per heavy atom. The van der Waals surface area contributed by atoms with Crippen LogP contribution in [0.5, 0.6) is 0 Å². The molecule has 30 heavy (non-hydrogen) atoms. The molecular weight excluding hydrogens is 534 g/mol. The summed E-state index contributed by atoms with van der Waals surface area (Å²) < 4.78 is 2.82. The van der Waals surface area contributed by atoms with E-state index < -0.39 is 5.91 Å². The van der Waals surface area contributed by atoms with Crippen molar-refractivity contribution in [1.29, 1.82) is 0 Å². The molecule has 1 saturated heterocycles. The summed E-state index contributed by atoms with van der Waals surface area (Å²) >= 11 is 14.7. The van der Waals surface area contributed by atoms with Crippen LogP contribution < -0.4 is 10.6 Å². The highest BCUT2D eigenvalue weighted by Crippen LogP contribution is 2.36. The zero-order chi connectivity index (χ0) is 21.4. The molecule has 4 rings (SSSR count). The second-order valence-electron chi connectivity index (χ2n) is 7.64. The lowest BCUT2D eigenvalue weighted by Crippen LogP contribution is -2.39. The van der Waals surface area contributed by atoms with E-state index in [1.807, 2.05) is 6.20 Å². The molecule has 0 spiro atoms. The largest absolute Gasteiger partial charge is 0.368 e. The van der Waals surface area contributed by atoms with Crippen molar-refractivity contribution in [2.45, 2.75) is 19.3 Å². The van der Waals surface area contributed by atoms with Crippen molar-refractivity contribution >= 4 is 57.4 Å². The maximum Gasteiger partial charge on any atom is 0.271 e. The summed E-state index contributed by atoms with van der Waals surface area (Å²) in [5.74, 6) is 0.344. The van der Waals surface area contributed by atoms with E-state index in [0.29, 0.717) is 27.6 Å². The lowest BCUT2D eigenvalue weighted by molar-refractivity contribution is 0.0995. The first kappa shape index (κ1) is 21.5. The van der Waals surface area contributed by atoms with Crippen LogP contribution in [-0.4, -0.2) is 28.8 Å². The highest BCUT2D eigenvalue weighted by molar-refractivity contribution is 14.1. The molecule has 1 aliphatic heterocycles. The topological polar surface area (TPSA) is 64.2 Å². The number of hydrogen-bond donors (Lipinski definition) is 1. The first-order valence-corrected chi connectivity index (χ1v) is 11.5. The fraction of sp³-hybridized carbons (Fsp3) is 0.273. The van der Waals surface area contributed by atoms with Crippen molar-refractivity contribution in [1.82, 2.24) is 9.78 Å². The minimum Gasteiger partial charge on any atom is -0.368 e. The fourth-order valence-corrected chi connectivity index (χ4v) is 4.85. The summed E-state index contributed by atoms with van der Waals surface area (Å²) in [7, 11) is 0. The van der Waals surface area contributed by atoms with Gasteiger partial charge in [0, 0.05) is 27.6 Å². The molecule has 2 heterocycles. The molecule has 156 valence electrons. The Kier molecular flexibility index (Phi) is 6.27. The van der Waals surface area contributed by atoms with Gasteiger partial charge in [-0.05, 0) is 70.8 Å². The van der Waals surface area contributed by atoms with E-state index in [1.165, 1.54) is 9.13 Å². The number of carbonyl (C=O) groups excluding carboxylic acids is 1. The number of amides is 1. The SMILES string of the molecule is CC1CCN(c2cn(-c3ccc(Cl)cc3Cl)nc2C(N)=O)CC1c1ccc(I)cc1. The molecule has 3 aromatic rings. The third kappa shape index (κ3) is 4.31. The van der Waals surface area contributed by atoms with E-state index in [9.17, 15) is 4.79 Å². The van der Waals surface area contributed by atoms with E-state index in [4.69, 9.17) is 28.9 Å². The molecule has 2 aromatic carbocycles. The molecule has 1 fully saturated rings. The standard InChI is InChI=1S/C22H21Cl2IN4O/c1-13-8-9-28(11-17(13)14-2-5-16(25)6-3-14)20-12-29(27-21(20)22(26)30)19-7-4-15(23)10-18(19)24/h2-7,10,12-13,17H,8-9,11H2,1H3,(H2,26,30). The van der Waals surface area contributed by atoms with Gasteiger partial charge in [-0.2, -0.15) is 5.10 Å². The van der Waals surface area contributed by atoms with Gasteiger partial charge < -0.3 is 10.6 Å². The van der Waals surface area contributed by atoms with Gasteiger partial charge in [-0.3, -0.25) is 4.79 Å². The molecule has 2 N–H and O–H groups in total. The molecule has 1 aromatic heterocycles. The first-order valence-electron chi connectivity index (χ1n) is 9.69. The number of primary amides is 1. The monoisotopic (exact) mass is 554 g/mol. The number of hydrogen-bond acceptors (Lipinski definition) is 3. The van der Waals surface area contributed by atoms with Crippen LogP contribution in [0.1, 0.15) is 35.3 Å². The predicted octanol–water partition coefficient (Wildman–Crippen LogP) is 5.51. The zero-order valence-electron chi connectivity index (χ0n) is 16.4. The number of benzene rings is 2. The Morgan fingerprint density at radius 1 is 1.17 bits per heavy atom. The van der Waals surface area contributed by atoms with E-state index >= 15 is 0 Å². The van der Waals surface area contributed by atoms with Crippen molar-refractivity contribution in [2.75, 3.05) is 18.0 Å². The van der Waals surface area contributed by atoms with Gasteiger partial charge >= 0.3 is 0 Å². The Balaban J connectivity index is 1.69. The van der Waals surface area contributed by atoms with Crippen LogP contribution in [0.15, 0.2) is 48.7 Å². The van der Waals surface area contributed by atoms with Gasteiger partial charge in [-0.1, -0.05) is 42.3 Å². The molecule has 1 aliphatic rings. The number of anilines is 1. The van der Waals surface area contributed by atoms with Crippen LogP contribution in [0.25, 0.3) is 5.69 Å². The van der Waals surface area contributed by atoms with Crippen LogP contribution in [0.4, 0.5) is 5.69 Å². The van der Waals surface area contributed by atoms with Gasteiger partial charge in [0.1, 0.15) is 0 Å². The van der Waals surface area contributed by atoms with E-state index in [0.717, 1.165) is 25.2 Å². The molecule has 1 amide bonds. The van der Waals surface area contributed by atoms with Crippen molar-refractivity contribution in [3.8, 4) is 5.69 Å². The van der Waals surface area contributed by atoms with Crippen LogP contribution in [-0.2, 0) is 0 Å². The molecule has 0 radical (unpaired) electrons. The highest BCUT2D eigenvalue weighted by atomic mass is 127. The van der Waals surface area contributed by atoms with Crippen LogP contribution in [0.2, 0.25) is 10.0 Å². The number of halogens is 3. The van der Waals surface area contributed by atoms with E-state index in [-0.39, 0.29) is 5.69 Å². The molecule has 0 bridgehead atoms. The number of aromatic nitrogens is 2. The third-order valence-corrected chi connectivity index (χ3v) is 6.94. The van der Waals surface area contributed by atoms with Gasteiger partial charge in [0.15, 0.2) is 5.69 Å². The van der Waals surface area contributed by atoms with E-state index in [1.54, 1.807) is 22.9 Å². The molecule has 0 saturated carbocycles. The predicted molar refractivity (Wildman–Crippen MR) is 130 cm³/mol. The summed E-state index contributed by atoms with van der Waals surface area (Å²) in [6.07, 6.45) is 2.85. The van der Waals surface area contributed by atoms with Gasteiger partial charge in [-0.15, -0.1) is 0 Å². The fourth-order valence-electron chi connectivity index (χ4n) is 3.99. The average molecular weight is 555 g/mol. The smallest absolute Gasteiger partial charge is 0.271 e. The van der Waals surface area contributed by atoms with Gasteiger partial charge in [0.2, 0.25) is 0 Å². The van der Waals surface area contributed by atoms with Gasteiger partial charge in [0.25, 0.3) is 5.91 Å². The third-order valence-electron chi connectivity index (χ3n) is 5.68. The van der Waals surface area contributed by atoms with Crippen LogP contribution >= 0.6 is 45.8 Å². The lowest BCUT2D eigenvalue weighted by Gasteiger charge is -2.38. The maximum atomic E-state index is 12.2. The molecule has 5 nitrogen and oxygen atoms in total. The summed E-state index contributed by atoms with van der Waals surface area (Å²) in [6.45, 7) is 3.91. The quantitative estimate of drug-likeness (QED) is 0.432. The number of rotatable bonds is 4. The van der Waals surface area contributed by atoms with Crippen LogP contribution in [0, 0.1) is 9.49 Å². The van der Waals surface area contributed by atoms with E-state index in [2.05, 4.69) is 63.8 Å². The second kappa shape index (κ2) is 8.77. The Hall–Kier alpha value is -1.77. The number of piperidine rings is 1. The lowest BCUT2D eigenvalue weighted by atomic mass is 9.82. The molecule has 2 unspecified atom stereocenters. The minimum atomic E-state index is -0.557. The van der Waals surface area contributed by atoms with Crippen molar-refractivity contribution in [3.05, 3.63) is 73.5 Å². The summed E-state index contributed by atoms with van der Waals surface area (Å²) in [6, 6.07) is 13.8. The van der Waals surface area contributed by atoms with Gasteiger partial charge in [-0.25, -0.2) is 4.68 Å². The van der Waals surface area contributed by atoms with Crippen molar-refractivity contribution < 1.29 is 4.79 Å². The summed E-state index contributed by atoms with van der Waals surface area (Å²) in [5.41, 5.74) is 8.60. The average Bonchev–Trinajstić information content (AvgIpc) is 3.14. The minimum absolute atomic E-state index is 0.247. The van der Waals surface area contributed by atoms with Crippen LogP contribution in [0.3, 0.4) is 0 Å². The Bertz CT molecular complexity index is 1080. The molecule has 8 heteroatoms. The second-order valence-corrected chi connectivity index (χ2v) is 9.73. The van der Waals surface area contributed by atoms with Crippen molar-refractivity contribution in [2.24, 2.45) is 11.7 Å². The molecular formula is C22H21Cl2IN4O. The first-order chi connectivity index (χ1) is 14.3. The highest BCUT2D eigenvalue weighted by Gasteiger charge is 2.31. The molecule has 2 atom stereocenters. The maximum absolute atomic E-state index is 12.2. The Labute approximate surface area is 199 Å². The number of nitrogens with two attached hydrogens (primary N) is 1. The zero-order valence-corrected chi connectivity index (χ0v) is 20.0. The number of carbonyl (C=O) groups is 1. The normalized spacial score (nSPS) is 19.1. The van der Waals surface area contributed by atoms with Crippen molar-refractivity contribution in [3.63, 3.8) is 0 Å². The van der Waals surface area contributed by atoms with Gasteiger partial charge in [0.05, 0.1) is 22.6 Å². The number of nitrogens with zero attached hydrogens (tertiary/aromatic N) is 3. The summed E-state index contributed by atoms with van der Waals surface area (Å²) in [4.78, 5) is 14.4. The Morgan fingerprint density at radius 2 is 1.90 bits per heavy atom. The summed E-state index contributed by atoms with van der Waals surface area (Å²) in [5, 5.41) is 5.44.